The van der Waals surface area contributed by atoms with Crippen molar-refractivity contribution in [3.63, 3.8) is 0 Å². The van der Waals surface area contributed by atoms with Crippen LogP contribution >= 0.6 is 0 Å². The van der Waals surface area contributed by atoms with Crippen molar-refractivity contribution in [1.29, 1.82) is 0 Å². The van der Waals surface area contributed by atoms with E-state index in [0.29, 0.717) is 43.2 Å². The lowest BCUT2D eigenvalue weighted by atomic mass is 9.99. The number of likely N-dealkylation sites (tertiary alicyclic amines) is 1. The lowest BCUT2D eigenvalue weighted by Gasteiger charge is -2.17. The molecule has 4 rings (SSSR count). The number of benzene rings is 1. The second kappa shape index (κ2) is 9.68. The summed E-state index contributed by atoms with van der Waals surface area (Å²) in [6.45, 7) is 9.16. The number of fused-ring (bicyclic) bond motifs is 1. The molecule has 1 aromatic carbocycles. The van der Waals surface area contributed by atoms with Gasteiger partial charge in [0.25, 0.3) is 5.91 Å². The molecule has 3 aromatic rings. The zero-order valence-electron chi connectivity index (χ0n) is 19.7. The fourth-order valence-corrected chi connectivity index (χ4v) is 4.14. The van der Waals surface area contributed by atoms with Gasteiger partial charge >= 0.3 is 0 Å². The number of nitrogens with zero attached hydrogens (tertiary/aromatic N) is 4. The Kier molecular flexibility index (Phi) is 6.72. The van der Waals surface area contributed by atoms with Gasteiger partial charge in [-0.25, -0.2) is 0 Å². The van der Waals surface area contributed by atoms with Crippen molar-refractivity contribution >= 4 is 22.7 Å². The summed E-state index contributed by atoms with van der Waals surface area (Å²) in [7, 11) is 0. The van der Waals surface area contributed by atoms with E-state index < -0.39 is 0 Å². The van der Waals surface area contributed by atoms with Crippen LogP contribution in [0, 0.1) is 0 Å². The summed E-state index contributed by atoms with van der Waals surface area (Å²) in [6, 6.07) is 9.63. The Morgan fingerprint density at radius 1 is 1.18 bits per heavy atom. The third-order valence-electron chi connectivity index (χ3n) is 5.91. The average Bonchev–Trinajstić information content (AvgIpc) is 3.46. The minimum absolute atomic E-state index is 0.0444. The summed E-state index contributed by atoms with van der Waals surface area (Å²) in [5, 5.41) is 7.78. The number of hydrogen-bond acceptors (Lipinski definition) is 6. The highest BCUT2D eigenvalue weighted by Gasteiger charge is 2.29. The van der Waals surface area contributed by atoms with Crippen molar-refractivity contribution in [3.8, 4) is 0 Å². The van der Waals surface area contributed by atoms with E-state index in [1.807, 2.05) is 62.9 Å². The lowest BCUT2D eigenvalue weighted by molar-refractivity contribution is -0.130. The van der Waals surface area contributed by atoms with E-state index >= 15 is 0 Å². The number of aryl methyl sites for hydroxylation is 1. The predicted octanol–water partition coefficient (Wildman–Crippen LogP) is 3.83. The Morgan fingerprint density at radius 3 is 2.70 bits per heavy atom. The molecule has 1 aliphatic rings. The van der Waals surface area contributed by atoms with Crippen molar-refractivity contribution in [2.24, 2.45) is 0 Å². The standard InChI is InChI=1S/C25H31N5O3/c1-15(2)24-28-22(33-29-24)9-10-23(31)30-12-11-17(14-30)21-13-19(25(32)26-16(3)4)18-7-5-6-8-20(18)27-21/h5-8,13,15-17H,9-12,14H2,1-4H3,(H,26,32). The molecular weight excluding hydrogens is 418 g/mol. The molecule has 2 aromatic heterocycles. The number of amides is 2. The second-order valence-electron chi connectivity index (χ2n) is 9.27. The predicted molar refractivity (Wildman–Crippen MR) is 125 cm³/mol. The van der Waals surface area contributed by atoms with Gasteiger partial charge in [-0.05, 0) is 32.4 Å². The van der Waals surface area contributed by atoms with Crippen molar-refractivity contribution < 1.29 is 14.1 Å². The maximum Gasteiger partial charge on any atom is 0.252 e. The summed E-state index contributed by atoms with van der Waals surface area (Å²) < 4.78 is 5.25. The number of hydrogen-bond donors (Lipinski definition) is 1. The van der Waals surface area contributed by atoms with Crippen LogP contribution in [0.2, 0.25) is 0 Å². The minimum Gasteiger partial charge on any atom is -0.350 e. The molecule has 8 heteroatoms. The first kappa shape index (κ1) is 22.9. The highest BCUT2D eigenvalue weighted by atomic mass is 16.5. The monoisotopic (exact) mass is 449 g/mol. The molecule has 1 fully saturated rings. The molecule has 1 saturated heterocycles. The van der Waals surface area contributed by atoms with E-state index in [1.165, 1.54) is 0 Å². The van der Waals surface area contributed by atoms with E-state index in [-0.39, 0.29) is 29.7 Å². The van der Waals surface area contributed by atoms with Gasteiger partial charge in [-0.2, -0.15) is 4.98 Å². The smallest absolute Gasteiger partial charge is 0.252 e. The summed E-state index contributed by atoms with van der Waals surface area (Å²) in [6.07, 6.45) is 1.59. The molecule has 0 radical (unpaired) electrons. The number of rotatable bonds is 7. The van der Waals surface area contributed by atoms with E-state index in [2.05, 4.69) is 15.5 Å². The average molecular weight is 450 g/mol. The normalized spacial score (nSPS) is 16.2. The number of nitrogens with one attached hydrogen (secondary N) is 1. The topological polar surface area (TPSA) is 101 Å². The molecular formula is C25H31N5O3. The Labute approximate surface area is 193 Å². The summed E-state index contributed by atoms with van der Waals surface area (Å²) in [4.78, 5) is 36.7. The molecule has 1 aliphatic heterocycles. The van der Waals surface area contributed by atoms with Crippen molar-refractivity contribution in [3.05, 3.63) is 53.3 Å². The largest absolute Gasteiger partial charge is 0.350 e. The van der Waals surface area contributed by atoms with Crippen LogP contribution in [0.1, 0.15) is 80.1 Å². The Bertz CT molecular complexity index is 1150. The Hall–Kier alpha value is -3.29. The third kappa shape index (κ3) is 5.21. The van der Waals surface area contributed by atoms with E-state index in [1.54, 1.807) is 0 Å². The Morgan fingerprint density at radius 2 is 1.97 bits per heavy atom. The van der Waals surface area contributed by atoms with Crippen molar-refractivity contribution in [2.75, 3.05) is 13.1 Å². The maximum absolute atomic E-state index is 12.8. The van der Waals surface area contributed by atoms with Gasteiger partial charge in [0.15, 0.2) is 5.82 Å². The summed E-state index contributed by atoms with van der Waals surface area (Å²) >= 11 is 0. The van der Waals surface area contributed by atoms with Gasteiger partial charge in [0.05, 0.1) is 11.1 Å². The number of aromatic nitrogens is 3. The SMILES string of the molecule is CC(C)NC(=O)c1cc(C2CCN(C(=O)CCc3nc(C(C)C)no3)C2)nc2ccccc12. The molecule has 1 unspecified atom stereocenters. The van der Waals surface area contributed by atoms with Crippen LogP contribution in [0.25, 0.3) is 10.9 Å². The number of carbonyl (C=O) groups is 2. The van der Waals surface area contributed by atoms with Crippen molar-refractivity contribution in [2.45, 2.75) is 64.8 Å². The van der Waals surface area contributed by atoms with Gasteiger partial charge in [-0.15, -0.1) is 0 Å². The first-order valence-electron chi connectivity index (χ1n) is 11.6. The number of carbonyl (C=O) groups excluding carboxylic acids is 2. The van der Waals surface area contributed by atoms with E-state index in [0.717, 1.165) is 23.0 Å². The minimum atomic E-state index is -0.101. The van der Waals surface area contributed by atoms with E-state index in [9.17, 15) is 9.59 Å². The fourth-order valence-electron chi connectivity index (χ4n) is 4.14. The van der Waals surface area contributed by atoms with Crippen LogP contribution in [0.15, 0.2) is 34.9 Å². The highest BCUT2D eigenvalue weighted by Crippen LogP contribution is 2.30. The first-order valence-corrected chi connectivity index (χ1v) is 11.6. The lowest BCUT2D eigenvalue weighted by Crippen LogP contribution is -2.30. The van der Waals surface area contributed by atoms with Gasteiger partial charge in [-0.3, -0.25) is 14.6 Å². The molecule has 2 amide bonds. The molecule has 33 heavy (non-hydrogen) atoms. The Balaban J connectivity index is 1.46. The number of para-hydroxylation sites is 1. The van der Waals surface area contributed by atoms with Gasteiger partial charge < -0.3 is 14.7 Å². The highest BCUT2D eigenvalue weighted by molar-refractivity contribution is 6.06. The zero-order chi connectivity index (χ0) is 23.5. The molecule has 174 valence electrons. The molecule has 0 bridgehead atoms. The van der Waals surface area contributed by atoms with Gasteiger partial charge in [0.1, 0.15) is 0 Å². The quantitative estimate of drug-likeness (QED) is 0.588. The van der Waals surface area contributed by atoms with Gasteiger partial charge in [-0.1, -0.05) is 37.2 Å². The first-order chi connectivity index (χ1) is 15.8. The van der Waals surface area contributed by atoms with Gasteiger partial charge in [0.2, 0.25) is 11.8 Å². The summed E-state index contributed by atoms with van der Waals surface area (Å²) in [5.74, 6) is 1.43. The fraction of sp³-hybridized carbons (Fsp3) is 0.480. The maximum atomic E-state index is 12.8. The molecule has 1 atom stereocenters. The number of pyridine rings is 1. The second-order valence-corrected chi connectivity index (χ2v) is 9.27. The third-order valence-corrected chi connectivity index (χ3v) is 5.91. The molecule has 3 heterocycles. The molecule has 0 saturated carbocycles. The van der Waals surface area contributed by atoms with E-state index in [4.69, 9.17) is 9.51 Å². The van der Waals surface area contributed by atoms with Crippen LogP contribution in [-0.4, -0.2) is 51.0 Å². The molecule has 0 spiro atoms. The van der Waals surface area contributed by atoms with Crippen LogP contribution < -0.4 is 5.32 Å². The van der Waals surface area contributed by atoms with Crippen molar-refractivity contribution in [1.82, 2.24) is 25.3 Å². The van der Waals surface area contributed by atoms with Crippen LogP contribution in [0.5, 0.6) is 0 Å². The van der Waals surface area contributed by atoms with Crippen LogP contribution in [0.4, 0.5) is 0 Å². The zero-order valence-corrected chi connectivity index (χ0v) is 19.7. The van der Waals surface area contributed by atoms with Crippen LogP contribution in [-0.2, 0) is 11.2 Å². The molecule has 0 aliphatic carbocycles. The molecule has 8 nitrogen and oxygen atoms in total. The van der Waals surface area contributed by atoms with Gasteiger partial charge in [0, 0.05) is 54.9 Å². The molecule has 1 N–H and O–H groups in total. The summed E-state index contributed by atoms with van der Waals surface area (Å²) in [5.41, 5.74) is 2.29. The van der Waals surface area contributed by atoms with Crippen LogP contribution in [0.3, 0.4) is 0 Å².